The molecule has 2 amide bonds. The predicted octanol–water partition coefficient (Wildman–Crippen LogP) is 2.33. The maximum absolute atomic E-state index is 12.9. The summed E-state index contributed by atoms with van der Waals surface area (Å²) in [4.78, 5) is 26.5. The van der Waals surface area contributed by atoms with E-state index in [2.05, 4.69) is 17.6 Å². The molecule has 2 rings (SSSR count). The Hall–Kier alpha value is -1.95. The van der Waals surface area contributed by atoms with Crippen LogP contribution in [0, 0.1) is 5.82 Å². The summed E-state index contributed by atoms with van der Waals surface area (Å²) in [6.45, 7) is 5.25. The van der Waals surface area contributed by atoms with Gasteiger partial charge in [-0.05, 0) is 63.0 Å². The number of rotatable bonds is 8. The zero-order valence-electron chi connectivity index (χ0n) is 14.9. The molecule has 5 nitrogen and oxygen atoms in total. The first-order valence-corrected chi connectivity index (χ1v) is 9.15. The van der Waals surface area contributed by atoms with E-state index in [9.17, 15) is 14.0 Å². The molecule has 0 saturated carbocycles. The molecule has 0 aromatic heterocycles. The van der Waals surface area contributed by atoms with Crippen molar-refractivity contribution in [3.63, 3.8) is 0 Å². The van der Waals surface area contributed by atoms with Crippen molar-refractivity contribution in [2.75, 3.05) is 26.2 Å². The van der Waals surface area contributed by atoms with Crippen molar-refractivity contribution in [1.29, 1.82) is 0 Å². The lowest BCUT2D eigenvalue weighted by molar-refractivity contribution is -0.134. The number of nitrogens with zero attached hydrogens (tertiary/aromatic N) is 1. The van der Waals surface area contributed by atoms with Gasteiger partial charge >= 0.3 is 0 Å². The predicted molar refractivity (Wildman–Crippen MR) is 95.9 cm³/mol. The van der Waals surface area contributed by atoms with Gasteiger partial charge in [0.05, 0.1) is 0 Å². The van der Waals surface area contributed by atoms with Crippen molar-refractivity contribution >= 4 is 11.8 Å². The molecule has 0 atom stereocenters. The summed E-state index contributed by atoms with van der Waals surface area (Å²) in [5.74, 6) is -0.433. The van der Waals surface area contributed by atoms with Crippen molar-refractivity contribution in [1.82, 2.24) is 15.5 Å². The number of nitrogens with one attached hydrogen (secondary N) is 2. The van der Waals surface area contributed by atoms with Crippen molar-refractivity contribution in [2.24, 2.45) is 0 Å². The van der Waals surface area contributed by atoms with E-state index >= 15 is 0 Å². The fraction of sp³-hybridized carbons (Fsp3) is 0.579. The molecule has 0 radical (unpaired) electrons. The van der Waals surface area contributed by atoms with Crippen LogP contribution in [-0.2, 0) is 4.79 Å². The van der Waals surface area contributed by atoms with E-state index in [1.807, 2.05) is 4.90 Å². The molecule has 1 heterocycles. The summed E-state index contributed by atoms with van der Waals surface area (Å²) in [7, 11) is 0. The second-order valence-corrected chi connectivity index (χ2v) is 6.43. The van der Waals surface area contributed by atoms with Crippen LogP contribution in [0.5, 0.6) is 0 Å². The number of carbonyl (C=O) groups excluding carboxylic acids is 2. The third-order valence-electron chi connectivity index (χ3n) is 4.49. The van der Waals surface area contributed by atoms with E-state index in [1.54, 1.807) is 0 Å². The molecule has 0 aliphatic carbocycles. The zero-order chi connectivity index (χ0) is 18.1. The minimum Gasteiger partial charge on any atom is -0.352 e. The molecule has 25 heavy (non-hydrogen) atoms. The van der Waals surface area contributed by atoms with Gasteiger partial charge in [0.1, 0.15) is 5.82 Å². The number of carbonyl (C=O) groups is 2. The molecule has 1 fully saturated rings. The Morgan fingerprint density at radius 1 is 1.24 bits per heavy atom. The van der Waals surface area contributed by atoms with Gasteiger partial charge in [-0.2, -0.15) is 0 Å². The standard InChI is InChI=1S/C19H28FN3O2/c1-2-14-23(17-9-12-21-13-10-17)18(24)4-3-11-22-19(25)15-5-7-16(20)8-6-15/h5-8,17,21H,2-4,9-14H2,1H3,(H,22,25). The Balaban J connectivity index is 1.74. The van der Waals surface area contributed by atoms with Gasteiger partial charge < -0.3 is 15.5 Å². The van der Waals surface area contributed by atoms with Gasteiger partial charge in [-0.3, -0.25) is 9.59 Å². The molecular weight excluding hydrogens is 321 g/mol. The maximum atomic E-state index is 12.9. The second kappa shape index (κ2) is 10.1. The first kappa shape index (κ1) is 19.4. The van der Waals surface area contributed by atoms with E-state index in [-0.39, 0.29) is 17.6 Å². The highest BCUT2D eigenvalue weighted by molar-refractivity contribution is 5.94. The highest BCUT2D eigenvalue weighted by atomic mass is 19.1. The molecule has 2 N–H and O–H groups in total. The normalized spacial score (nSPS) is 15.0. The topological polar surface area (TPSA) is 61.4 Å². The average molecular weight is 349 g/mol. The van der Waals surface area contributed by atoms with Crippen LogP contribution >= 0.6 is 0 Å². The molecule has 138 valence electrons. The van der Waals surface area contributed by atoms with Crippen LogP contribution < -0.4 is 10.6 Å². The molecule has 1 saturated heterocycles. The van der Waals surface area contributed by atoms with Crippen LogP contribution in [-0.4, -0.2) is 48.9 Å². The third-order valence-corrected chi connectivity index (χ3v) is 4.49. The van der Waals surface area contributed by atoms with Crippen molar-refractivity contribution in [2.45, 2.75) is 45.1 Å². The lowest BCUT2D eigenvalue weighted by Gasteiger charge is -2.34. The SMILES string of the molecule is CCCN(C(=O)CCCNC(=O)c1ccc(F)cc1)C1CCNCC1. The van der Waals surface area contributed by atoms with Crippen LogP contribution in [0.4, 0.5) is 4.39 Å². The Bertz CT molecular complexity index is 556. The largest absolute Gasteiger partial charge is 0.352 e. The third kappa shape index (κ3) is 6.12. The smallest absolute Gasteiger partial charge is 0.251 e. The summed E-state index contributed by atoms with van der Waals surface area (Å²) in [5, 5.41) is 6.11. The number of piperidine rings is 1. The quantitative estimate of drug-likeness (QED) is 0.708. The van der Waals surface area contributed by atoms with Gasteiger partial charge in [0.15, 0.2) is 0 Å². The lowest BCUT2D eigenvalue weighted by Crippen LogP contribution is -2.46. The highest BCUT2D eigenvalue weighted by Crippen LogP contribution is 2.14. The molecule has 1 aromatic rings. The summed E-state index contributed by atoms with van der Waals surface area (Å²) in [6.07, 6.45) is 4.02. The number of hydrogen-bond acceptors (Lipinski definition) is 3. The van der Waals surface area contributed by atoms with Gasteiger partial charge in [-0.1, -0.05) is 6.92 Å². The average Bonchev–Trinajstić information content (AvgIpc) is 2.64. The summed E-state index contributed by atoms with van der Waals surface area (Å²) in [5.41, 5.74) is 0.426. The van der Waals surface area contributed by atoms with E-state index in [0.717, 1.165) is 38.9 Å². The van der Waals surface area contributed by atoms with E-state index < -0.39 is 0 Å². The van der Waals surface area contributed by atoms with Crippen LogP contribution in [0.1, 0.15) is 49.4 Å². The summed E-state index contributed by atoms with van der Waals surface area (Å²) < 4.78 is 12.9. The molecule has 6 heteroatoms. The Morgan fingerprint density at radius 3 is 2.56 bits per heavy atom. The Morgan fingerprint density at radius 2 is 1.92 bits per heavy atom. The molecule has 0 unspecified atom stereocenters. The number of amides is 2. The first-order chi connectivity index (χ1) is 12.1. The molecule has 1 aliphatic rings. The van der Waals surface area contributed by atoms with Gasteiger partial charge in [-0.15, -0.1) is 0 Å². The molecule has 1 aromatic carbocycles. The van der Waals surface area contributed by atoms with E-state index in [1.165, 1.54) is 24.3 Å². The van der Waals surface area contributed by atoms with E-state index in [4.69, 9.17) is 0 Å². The van der Waals surface area contributed by atoms with Gasteiger partial charge in [-0.25, -0.2) is 4.39 Å². The second-order valence-electron chi connectivity index (χ2n) is 6.43. The van der Waals surface area contributed by atoms with Crippen LogP contribution in [0.15, 0.2) is 24.3 Å². The fourth-order valence-corrected chi connectivity index (χ4v) is 3.16. The van der Waals surface area contributed by atoms with Crippen LogP contribution in [0.3, 0.4) is 0 Å². The minimum atomic E-state index is -0.365. The van der Waals surface area contributed by atoms with Crippen molar-refractivity contribution < 1.29 is 14.0 Å². The molecule has 1 aliphatic heterocycles. The van der Waals surface area contributed by atoms with Crippen molar-refractivity contribution in [3.05, 3.63) is 35.6 Å². The Labute approximate surface area is 149 Å². The molecular formula is C19H28FN3O2. The molecule has 0 bridgehead atoms. The minimum absolute atomic E-state index is 0.171. The van der Waals surface area contributed by atoms with Crippen molar-refractivity contribution in [3.8, 4) is 0 Å². The first-order valence-electron chi connectivity index (χ1n) is 9.15. The number of halogens is 1. The van der Waals surface area contributed by atoms with Gasteiger partial charge in [0.25, 0.3) is 5.91 Å². The van der Waals surface area contributed by atoms with Crippen LogP contribution in [0.25, 0.3) is 0 Å². The monoisotopic (exact) mass is 349 g/mol. The van der Waals surface area contributed by atoms with Gasteiger partial charge in [0, 0.05) is 31.1 Å². The summed E-state index contributed by atoms with van der Waals surface area (Å²) in [6, 6.07) is 5.77. The number of benzene rings is 1. The van der Waals surface area contributed by atoms with Crippen LogP contribution in [0.2, 0.25) is 0 Å². The maximum Gasteiger partial charge on any atom is 0.251 e. The zero-order valence-corrected chi connectivity index (χ0v) is 14.9. The Kier molecular flexibility index (Phi) is 7.85. The molecule has 0 spiro atoms. The van der Waals surface area contributed by atoms with Gasteiger partial charge in [0.2, 0.25) is 5.91 Å². The summed E-state index contributed by atoms with van der Waals surface area (Å²) >= 11 is 0. The fourth-order valence-electron chi connectivity index (χ4n) is 3.16. The van der Waals surface area contributed by atoms with E-state index in [0.29, 0.717) is 31.0 Å². The lowest BCUT2D eigenvalue weighted by atomic mass is 10.0. The highest BCUT2D eigenvalue weighted by Gasteiger charge is 2.24. The number of hydrogen-bond donors (Lipinski definition) is 2.